The second-order valence-electron chi connectivity index (χ2n) is 7.85. The molecule has 1 heterocycles. The van der Waals surface area contributed by atoms with Gasteiger partial charge in [-0.3, -0.25) is 4.79 Å². The van der Waals surface area contributed by atoms with Gasteiger partial charge in [-0.25, -0.2) is 0 Å². The lowest BCUT2D eigenvalue weighted by Crippen LogP contribution is -2.48. The molecule has 0 atom stereocenters. The highest BCUT2D eigenvalue weighted by Crippen LogP contribution is 2.40. The number of hydrogen-bond acceptors (Lipinski definition) is 2. The van der Waals surface area contributed by atoms with E-state index in [-0.39, 0.29) is 0 Å². The SMILES string of the molecule is O=C(NC1CCNCC1)C(C1CCCCC1)C1CCCCC1. The topological polar surface area (TPSA) is 41.1 Å². The van der Waals surface area contributed by atoms with Crippen LogP contribution in [0.25, 0.3) is 0 Å². The van der Waals surface area contributed by atoms with Crippen LogP contribution >= 0.6 is 0 Å². The molecule has 3 rings (SSSR count). The molecule has 0 spiro atoms. The van der Waals surface area contributed by atoms with Gasteiger partial charge in [0.1, 0.15) is 0 Å². The highest BCUT2D eigenvalue weighted by molar-refractivity contribution is 5.79. The summed E-state index contributed by atoms with van der Waals surface area (Å²) in [4.78, 5) is 13.1. The maximum Gasteiger partial charge on any atom is 0.223 e. The van der Waals surface area contributed by atoms with E-state index in [1.54, 1.807) is 0 Å². The Labute approximate surface area is 136 Å². The van der Waals surface area contributed by atoms with Crippen LogP contribution in [0.4, 0.5) is 0 Å². The van der Waals surface area contributed by atoms with E-state index < -0.39 is 0 Å². The van der Waals surface area contributed by atoms with Crippen LogP contribution in [0, 0.1) is 17.8 Å². The van der Waals surface area contributed by atoms with Crippen LogP contribution in [0.15, 0.2) is 0 Å². The number of amides is 1. The van der Waals surface area contributed by atoms with E-state index in [4.69, 9.17) is 0 Å². The van der Waals surface area contributed by atoms with Crippen molar-refractivity contribution in [1.82, 2.24) is 10.6 Å². The average Bonchev–Trinajstić information content (AvgIpc) is 2.58. The van der Waals surface area contributed by atoms with Gasteiger partial charge in [-0.15, -0.1) is 0 Å². The van der Waals surface area contributed by atoms with Crippen LogP contribution in [0.1, 0.15) is 77.0 Å². The Hall–Kier alpha value is -0.570. The fourth-order valence-corrected chi connectivity index (χ4v) is 5.06. The molecule has 3 aliphatic rings. The number of carbonyl (C=O) groups is 1. The minimum absolute atomic E-state index is 0.315. The van der Waals surface area contributed by atoms with Crippen LogP contribution in [0.3, 0.4) is 0 Å². The van der Waals surface area contributed by atoms with Crippen LogP contribution in [-0.4, -0.2) is 25.0 Å². The zero-order chi connectivity index (χ0) is 15.2. The van der Waals surface area contributed by atoms with E-state index in [1.807, 2.05) is 0 Å². The third-order valence-corrected chi connectivity index (χ3v) is 6.30. The van der Waals surface area contributed by atoms with Gasteiger partial charge in [0.15, 0.2) is 0 Å². The first-order valence-electron chi connectivity index (χ1n) is 9.85. The summed E-state index contributed by atoms with van der Waals surface area (Å²) in [7, 11) is 0. The Morgan fingerprint density at radius 3 is 1.77 bits per heavy atom. The Balaban J connectivity index is 1.64. The summed E-state index contributed by atoms with van der Waals surface area (Å²) in [6, 6.07) is 0.420. The Morgan fingerprint density at radius 1 is 0.773 bits per heavy atom. The molecule has 22 heavy (non-hydrogen) atoms. The normalized spacial score (nSPS) is 26.2. The third-order valence-electron chi connectivity index (χ3n) is 6.30. The highest BCUT2D eigenvalue weighted by Gasteiger charge is 2.37. The van der Waals surface area contributed by atoms with Gasteiger partial charge in [-0.1, -0.05) is 38.5 Å². The van der Waals surface area contributed by atoms with Crippen molar-refractivity contribution in [3.8, 4) is 0 Å². The van der Waals surface area contributed by atoms with Crippen LogP contribution in [0.2, 0.25) is 0 Å². The van der Waals surface area contributed by atoms with Gasteiger partial charge in [-0.05, 0) is 63.5 Å². The van der Waals surface area contributed by atoms with E-state index >= 15 is 0 Å². The van der Waals surface area contributed by atoms with Crippen molar-refractivity contribution in [2.45, 2.75) is 83.1 Å². The first-order chi connectivity index (χ1) is 10.8. The van der Waals surface area contributed by atoms with Crippen molar-refractivity contribution < 1.29 is 4.79 Å². The quantitative estimate of drug-likeness (QED) is 0.832. The van der Waals surface area contributed by atoms with Crippen LogP contribution < -0.4 is 10.6 Å². The van der Waals surface area contributed by atoms with Crippen molar-refractivity contribution in [3.63, 3.8) is 0 Å². The van der Waals surface area contributed by atoms with E-state index in [0.717, 1.165) is 25.9 Å². The number of rotatable bonds is 4. The molecule has 3 nitrogen and oxygen atoms in total. The smallest absolute Gasteiger partial charge is 0.223 e. The number of nitrogens with one attached hydrogen (secondary N) is 2. The molecule has 126 valence electrons. The van der Waals surface area contributed by atoms with Gasteiger partial charge < -0.3 is 10.6 Å². The van der Waals surface area contributed by atoms with Gasteiger partial charge in [0.25, 0.3) is 0 Å². The zero-order valence-electron chi connectivity index (χ0n) is 14.1. The van der Waals surface area contributed by atoms with Crippen LogP contribution in [0.5, 0.6) is 0 Å². The summed E-state index contributed by atoms with van der Waals surface area (Å²) < 4.78 is 0. The predicted molar refractivity (Wildman–Crippen MR) is 90.7 cm³/mol. The van der Waals surface area contributed by atoms with Gasteiger partial charge in [0.05, 0.1) is 0 Å². The van der Waals surface area contributed by atoms with Gasteiger partial charge in [-0.2, -0.15) is 0 Å². The van der Waals surface area contributed by atoms with Crippen LogP contribution in [-0.2, 0) is 4.79 Å². The summed E-state index contributed by atoms with van der Waals surface area (Å²) in [5.74, 6) is 2.05. The molecule has 3 fully saturated rings. The summed E-state index contributed by atoms with van der Waals surface area (Å²) in [5, 5.41) is 6.83. The molecular formula is C19H34N2O. The Bertz CT molecular complexity index is 321. The van der Waals surface area contributed by atoms with Crippen molar-refractivity contribution >= 4 is 5.91 Å². The molecule has 0 unspecified atom stereocenters. The molecule has 1 saturated heterocycles. The Morgan fingerprint density at radius 2 is 1.27 bits per heavy atom. The second kappa shape index (κ2) is 8.33. The van der Waals surface area contributed by atoms with Gasteiger partial charge in [0, 0.05) is 12.0 Å². The molecule has 0 aromatic rings. The van der Waals surface area contributed by atoms with E-state index in [9.17, 15) is 4.79 Å². The van der Waals surface area contributed by atoms with E-state index in [2.05, 4.69) is 10.6 Å². The molecule has 0 aromatic carbocycles. The standard InChI is InChI=1S/C19H34N2O/c22-19(21-17-11-13-20-14-12-17)18(15-7-3-1-4-8-15)16-9-5-2-6-10-16/h15-18,20H,1-14H2,(H,21,22). The van der Waals surface area contributed by atoms with Crippen molar-refractivity contribution in [3.05, 3.63) is 0 Å². The largest absolute Gasteiger partial charge is 0.353 e. The fourth-order valence-electron chi connectivity index (χ4n) is 5.06. The molecule has 2 saturated carbocycles. The number of carbonyl (C=O) groups excluding carboxylic acids is 1. The van der Waals surface area contributed by atoms with Crippen molar-refractivity contribution in [1.29, 1.82) is 0 Å². The lowest BCUT2D eigenvalue weighted by Gasteiger charge is -2.38. The van der Waals surface area contributed by atoms with E-state index in [1.165, 1.54) is 64.2 Å². The maximum atomic E-state index is 13.1. The molecule has 0 radical (unpaired) electrons. The molecule has 0 aromatic heterocycles. The molecule has 2 N–H and O–H groups in total. The van der Waals surface area contributed by atoms with Crippen molar-refractivity contribution in [2.24, 2.45) is 17.8 Å². The third kappa shape index (κ3) is 4.24. The highest BCUT2D eigenvalue weighted by atomic mass is 16.2. The van der Waals surface area contributed by atoms with E-state index in [0.29, 0.717) is 29.7 Å². The van der Waals surface area contributed by atoms with Gasteiger partial charge >= 0.3 is 0 Å². The minimum Gasteiger partial charge on any atom is -0.353 e. The monoisotopic (exact) mass is 306 g/mol. The lowest BCUT2D eigenvalue weighted by molar-refractivity contribution is -0.130. The molecule has 3 heteroatoms. The average molecular weight is 306 g/mol. The second-order valence-corrected chi connectivity index (χ2v) is 7.85. The molecule has 1 aliphatic heterocycles. The van der Waals surface area contributed by atoms with Gasteiger partial charge in [0.2, 0.25) is 5.91 Å². The predicted octanol–water partition coefficient (Wildman–Crippen LogP) is 3.63. The number of piperidine rings is 1. The Kier molecular flexibility index (Phi) is 6.17. The number of hydrogen-bond donors (Lipinski definition) is 2. The first kappa shape index (κ1) is 16.3. The first-order valence-corrected chi connectivity index (χ1v) is 9.85. The summed E-state index contributed by atoms with van der Waals surface area (Å²) in [5.41, 5.74) is 0. The lowest BCUT2D eigenvalue weighted by atomic mass is 9.69. The van der Waals surface area contributed by atoms with Crippen molar-refractivity contribution in [2.75, 3.05) is 13.1 Å². The molecule has 1 amide bonds. The maximum absolute atomic E-state index is 13.1. The molecule has 2 aliphatic carbocycles. The summed E-state index contributed by atoms with van der Waals surface area (Å²) >= 11 is 0. The molecular weight excluding hydrogens is 272 g/mol. The minimum atomic E-state index is 0.315. The summed E-state index contributed by atoms with van der Waals surface area (Å²) in [6.07, 6.45) is 15.5. The fraction of sp³-hybridized carbons (Fsp3) is 0.947. The zero-order valence-corrected chi connectivity index (χ0v) is 14.1. The molecule has 0 bridgehead atoms. The summed E-state index contributed by atoms with van der Waals surface area (Å²) in [6.45, 7) is 2.12.